The predicted molar refractivity (Wildman–Crippen MR) is 162 cm³/mol. The monoisotopic (exact) mass is 603 g/mol. The van der Waals surface area contributed by atoms with E-state index in [1.54, 1.807) is 44.2 Å². The number of halogens is 2. The Bertz CT molecular complexity index is 1430. The Kier molecular flexibility index (Phi) is 11.0. The Labute approximate surface area is 247 Å². The first-order chi connectivity index (χ1) is 18.9. The molecule has 1 atom stereocenters. The van der Waals surface area contributed by atoms with E-state index in [9.17, 15) is 18.0 Å². The lowest BCUT2D eigenvalue weighted by Crippen LogP contribution is -2.53. The second kappa shape index (κ2) is 14.0. The first kappa shape index (κ1) is 31.5. The Hall–Kier alpha value is -3.07. The molecule has 0 saturated carbocycles. The number of sulfonamides is 1. The van der Waals surface area contributed by atoms with Crippen LogP contribution in [0.4, 0.5) is 5.69 Å². The van der Waals surface area contributed by atoms with E-state index in [1.165, 1.54) is 4.90 Å². The smallest absolute Gasteiger partial charge is 0.244 e. The summed E-state index contributed by atoms with van der Waals surface area (Å²) in [6, 6.07) is 18.8. The molecule has 0 aliphatic carbocycles. The van der Waals surface area contributed by atoms with E-state index in [0.717, 1.165) is 22.5 Å². The molecule has 0 aromatic heterocycles. The van der Waals surface area contributed by atoms with Crippen LogP contribution in [-0.4, -0.2) is 50.5 Å². The van der Waals surface area contributed by atoms with E-state index in [-0.39, 0.29) is 18.9 Å². The molecule has 0 aliphatic rings. The first-order valence-corrected chi connectivity index (χ1v) is 15.6. The largest absolute Gasteiger partial charge is 0.354 e. The predicted octanol–water partition coefficient (Wildman–Crippen LogP) is 5.54. The molecule has 214 valence electrons. The molecule has 0 spiro atoms. The summed E-state index contributed by atoms with van der Waals surface area (Å²) in [5.41, 5.74) is 3.31. The van der Waals surface area contributed by atoms with Crippen LogP contribution in [0, 0.1) is 13.8 Å². The van der Waals surface area contributed by atoms with Crippen molar-refractivity contribution in [3.8, 4) is 0 Å². The average Bonchev–Trinajstić information content (AvgIpc) is 2.89. The zero-order chi connectivity index (χ0) is 29.4. The van der Waals surface area contributed by atoms with Crippen molar-refractivity contribution in [2.24, 2.45) is 0 Å². The van der Waals surface area contributed by atoms with Crippen molar-refractivity contribution in [1.82, 2.24) is 10.2 Å². The zero-order valence-corrected chi connectivity index (χ0v) is 25.5. The maximum absolute atomic E-state index is 14.2. The number of aryl methyl sites for hydroxylation is 2. The highest BCUT2D eigenvalue weighted by molar-refractivity contribution is 7.92. The van der Waals surface area contributed by atoms with E-state index in [1.807, 2.05) is 43.3 Å². The number of nitrogens with one attached hydrogen (secondary N) is 1. The van der Waals surface area contributed by atoms with Gasteiger partial charge in [-0.25, -0.2) is 8.42 Å². The Morgan fingerprint density at radius 1 is 0.950 bits per heavy atom. The summed E-state index contributed by atoms with van der Waals surface area (Å²) in [4.78, 5) is 29.1. The van der Waals surface area contributed by atoms with Crippen LogP contribution in [0.15, 0.2) is 66.7 Å². The number of carbonyl (C=O) groups is 2. The van der Waals surface area contributed by atoms with Crippen molar-refractivity contribution in [1.29, 1.82) is 0 Å². The molecule has 3 aromatic carbocycles. The third kappa shape index (κ3) is 8.22. The molecule has 2 amide bonds. The molecule has 7 nitrogen and oxygen atoms in total. The zero-order valence-electron chi connectivity index (χ0n) is 23.2. The maximum atomic E-state index is 14.2. The van der Waals surface area contributed by atoms with E-state index >= 15 is 0 Å². The van der Waals surface area contributed by atoms with Gasteiger partial charge in [-0.3, -0.25) is 13.9 Å². The second-order valence-corrected chi connectivity index (χ2v) is 12.5. The minimum Gasteiger partial charge on any atom is -0.354 e. The van der Waals surface area contributed by atoms with Crippen molar-refractivity contribution in [3.63, 3.8) is 0 Å². The van der Waals surface area contributed by atoms with Gasteiger partial charge in [0, 0.05) is 29.6 Å². The van der Waals surface area contributed by atoms with Crippen LogP contribution < -0.4 is 9.62 Å². The molecule has 0 radical (unpaired) electrons. The van der Waals surface area contributed by atoms with E-state index in [2.05, 4.69) is 5.32 Å². The molecule has 1 N–H and O–H groups in total. The number of nitrogens with zero attached hydrogens (tertiary/aromatic N) is 2. The molecule has 40 heavy (non-hydrogen) atoms. The Morgan fingerprint density at radius 3 is 2.17 bits per heavy atom. The molecule has 0 saturated heterocycles. The molecular weight excluding hydrogens is 569 g/mol. The third-order valence-corrected chi connectivity index (χ3v) is 8.24. The number of hydrogen-bond donors (Lipinski definition) is 1. The van der Waals surface area contributed by atoms with Crippen LogP contribution in [-0.2, 0) is 32.6 Å². The molecule has 0 bridgehead atoms. The van der Waals surface area contributed by atoms with Gasteiger partial charge < -0.3 is 10.2 Å². The minimum absolute atomic E-state index is 0.0176. The van der Waals surface area contributed by atoms with E-state index in [4.69, 9.17) is 23.2 Å². The van der Waals surface area contributed by atoms with Gasteiger partial charge in [0.15, 0.2) is 0 Å². The topological polar surface area (TPSA) is 86.8 Å². The molecular formula is C30H35Cl2N3O4S. The molecule has 0 heterocycles. The van der Waals surface area contributed by atoms with Gasteiger partial charge >= 0.3 is 0 Å². The van der Waals surface area contributed by atoms with Crippen molar-refractivity contribution in [2.45, 2.75) is 46.2 Å². The lowest BCUT2D eigenvalue weighted by molar-refractivity contribution is -0.140. The minimum atomic E-state index is -3.86. The normalized spacial score (nSPS) is 12.1. The maximum Gasteiger partial charge on any atom is 0.244 e. The molecule has 0 aliphatic heterocycles. The number of para-hydroxylation sites is 1. The van der Waals surface area contributed by atoms with Crippen LogP contribution in [0.1, 0.15) is 35.6 Å². The van der Waals surface area contributed by atoms with E-state index in [0.29, 0.717) is 39.0 Å². The highest BCUT2D eigenvalue weighted by Crippen LogP contribution is 2.28. The van der Waals surface area contributed by atoms with Gasteiger partial charge in [-0.15, -0.1) is 0 Å². The van der Waals surface area contributed by atoms with Crippen molar-refractivity contribution < 1.29 is 18.0 Å². The number of hydrogen-bond acceptors (Lipinski definition) is 4. The van der Waals surface area contributed by atoms with Crippen LogP contribution in [0.2, 0.25) is 10.0 Å². The van der Waals surface area contributed by atoms with Crippen LogP contribution in [0.25, 0.3) is 0 Å². The molecule has 3 aromatic rings. The summed E-state index contributed by atoms with van der Waals surface area (Å²) in [5, 5.41) is 3.69. The fraction of sp³-hybridized carbons (Fsp3) is 0.333. The van der Waals surface area contributed by atoms with Gasteiger partial charge in [0.25, 0.3) is 0 Å². The Morgan fingerprint density at radius 2 is 1.60 bits per heavy atom. The quantitative estimate of drug-likeness (QED) is 0.294. The highest BCUT2D eigenvalue weighted by Gasteiger charge is 2.34. The summed E-state index contributed by atoms with van der Waals surface area (Å²) in [6.45, 7) is 5.47. The average molecular weight is 605 g/mol. The van der Waals surface area contributed by atoms with Crippen molar-refractivity contribution in [2.75, 3.05) is 23.7 Å². The van der Waals surface area contributed by atoms with Gasteiger partial charge in [0.2, 0.25) is 21.8 Å². The number of benzene rings is 3. The van der Waals surface area contributed by atoms with Crippen LogP contribution in [0.5, 0.6) is 0 Å². The summed E-state index contributed by atoms with van der Waals surface area (Å²) in [6.07, 6.45) is 2.02. The summed E-state index contributed by atoms with van der Waals surface area (Å²) in [5.74, 6) is -0.867. The lowest BCUT2D eigenvalue weighted by Gasteiger charge is -2.34. The van der Waals surface area contributed by atoms with Crippen molar-refractivity contribution in [3.05, 3.63) is 99.0 Å². The van der Waals surface area contributed by atoms with Crippen LogP contribution >= 0.6 is 23.2 Å². The SMILES string of the molecule is CCCNC(=O)[C@H](Cc1ccccc1)N(Cc1ccc(Cl)cc1Cl)C(=O)CN(c1c(C)cccc1C)S(C)(=O)=O. The molecule has 10 heteroatoms. The van der Waals surface area contributed by atoms with E-state index < -0.39 is 28.5 Å². The first-order valence-electron chi connectivity index (χ1n) is 13.0. The fourth-order valence-electron chi connectivity index (χ4n) is 4.53. The van der Waals surface area contributed by atoms with Gasteiger partial charge in [0.05, 0.1) is 11.9 Å². The summed E-state index contributed by atoms with van der Waals surface area (Å²) < 4.78 is 27.2. The van der Waals surface area contributed by atoms with Crippen molar-refractivity contribution >= 4 is 50.7 Å². The third-order valence-electron chi connectivity index (χ3n) is 6.54. The van der Waals surface area contributed by atoms with Gasteiger partial charge in [0.1, 0.15) is 12.6 Å². The summed E-state index contributed by atoms with van der Waals surface area (Å²) >= 11 is 12.6. The lowest BCUT2D eigenvalue weighted by atomic mass is 10.0. The van der Waals surface area contributed by atoms with Gasteiger partial charge in [-0.05, 0) is 54.7 Å². The number of rotatable bonds is 12. The van der Waals surface area contributed by atoms with Crippen LogP contribution in [0.3, 0.4) is 0 Å². The molecule has 0 unspecified atom stereocenters. The fourth-order valence-corrected chi connectivity index (χ4v) is 5.96. The molecule has 3 rings (SSSR count). The Balaban J connectivity index is 2.11. The standard InChI is InChI=1S/C30H35Cl2N3O4S/c1-5-16-33-30(37)27(17-23-12-7-6-8-13-23)34(19-24-14-15-25(31)18-26(24)32)28(36)20-35(40(4,38)39)29-21(2)10-9-11-22(29)3/h6-15,18,27H,5,16-17,19-20H2,1-4H3,(H,33,37)/t27-/m0/s1. The second-order valence-electron chi connectivity index (χ2n) is 9.76. The highest BCUT2D eigenvalue weighted by atomic mass is 35.5. The van der Waals surface area contributed by atoms with Gasteiger partial charge in [-0.2, -0.15) is 0 Å². The number of carbonyl (C=O) groups excluding carboxylic acids is 2. The number of anilines is 1. The summed E-state index contributed by atoms with van der Waals surface area (Å²) in [7, 11) is -3.86. The van der Waals surface area contributed by atoms with Gasteiger partial charge in [-0.1, -0.05) is 84.7 Å². The number of amides is 2. The molecule has 0 fully saturated rings.